The van der Waals surface area contributed by atoms with Gasteiger partial charge in [0, 0.05) is 12.4 Å². The van der Waals surface area contributed by atoms with Crippen LogP contribution in [-0.4, -0.2) is 21.3 Å². The molecule has 0 radical (unpaired) electrons. The molecule has 1 heterocycles. The van der Waals surface area contributed by atoms with Gasteiger partial charge >= 0.3 is 0 Å². The second-order valence-electron chi connectivity index (χ2n) is 4.34. The van der Waals surface area contributed by atoms with E-state index in [1.165, 1.54) is 0 Å². The van der Waals surface area contributed by atoms with E-state index in [2.05, 4.69) is 10.6 Å². The molecule has 0 aromatic carbocycles. The summed E-state index contributed by atoms with van der Waals surface area (Å²) in [6.45, 7) is 7.36. The van der Waals surface area contributed by atoms with E-state index >= 15 is 0 Å². The molecule has 0 saturated carbocycles. The average Bonchev–Trinajstić information content (AvgIpc) is 2.64. The first-order chi connectivity index (χ1) is 6.90. The van der Waals surface area contributed by atoms with Gasteiger partial charge in [-0.3, -0.25) is 14.3 Å². The van der Waals surface area contributed by atoms with Gasteiger partial charge in [-0.2, -0.15) is 5.10 Å². The van der Waals surface area contributed by atoms with Crippen molar-refractivity contribution < 1.29 is 9.63 Å². The highest BCUT2D eigenvalue weighted by Gasteiger charge is 2.18. The van der Waals surface area contributed by atoms with E-state index in [4.69, 9.17) is 4.84 Å². The van der Waals surface area contributed by atoms with E-state index in [1.807, 2.05) is 20.8 Å². The Hall–Kier alpha value is -1.36. The van der Waals surface area contributed by atoms with Crippen LogP contribution in [0.3, 0.4) is 0 Å². The topological polar surface area (TPSA) is 56.1 Å². The zero-order valence-electron chi connectivity index (χ0n) is 9.52. The summed E-state index contributed by atoms with van der Waals surface area (Å²) in [4.78, 5) is 16.8. The lowest BCUT2D eigenvalue weighted by Gasteiger charge is -2.20. The minimum Gasteiger partial charge on any atom is -0.270 e. The number of nitrogens with one attached hydrogen (secondary N) is 1. The van der Waals surface area contributed by atoms with E-state index in [9.17, 15) is 4.79 Å². The maximum absolute atomic E-state index is 11.6. The van der Waals surface area contributed by atoms with E-state index < -0.39 is 0 Å². The summed E-state index contributed by atoms with van der Waals surface area (Å²) >= 11 is 0. The van der Waals surface area contributed by atoms with Crippen molar-refractivity contribution in [2.75, 3.05) is 0 Å². The monoisotopic (exact) mass is 211 g/mol. The first-order valence-corrected chi connectivity index (χ1v) is 4.87. The summed E-state index contributed by atoms with van der Waals surface area (Å²) in [7, 11) is 0. The summed E-state index contributed by atoms with van der Waals surface area (Å²) in [5, 5.41) is 3.98. The summed E-state index contributed by atoms with van der Waals surface area (Å²) in [6, 6.07) is 1.40. The van der Waals surface area contributed by atoms with E-state index in [0.29, 0.717) is 0 Å². The number of nitrogens with zero attached hydrogens (tertiary/aromatic N) is 2. The molecule has 0 spiro atoms. The van der Waals surface area contributed by atoms with Crippen molar-refractivity contribution in [1.82, 2.24) is 15.3 Å². The number of amides is 1. The van der Waals surface area contributed by atoms with Gasteiger partial charge in [-0.05, 0) is 33.8 Å². The Morgan fingerprint density at radius 1 is 1.53 bits per heavy atom. The number of rotatable bonds is 3. The van der Waals surface area contributed by atoms with E-state index in [1.54, 1.807) is 30.1 Å². The number of aromatic nitrogens is 2. The number of carbonyl (C=O) groups excluding carboxylic acids is 1. The third kappa shape index (κ3) is 3.71. The molecule has 0 aliphatic rings. The predicted molar refractivity (Wildman–Crippen MR) is 55.9 cm³/mol. The molecular weight excluding hydrogens is 194 g/mol. The fourth-order valence-corrected chi connectivity index (χ4v) is 0.919. The SMILES string of the molecule is CC(C(=O)NOC(C)(C)C)n1cccn1. The maximum Gasteiger partial charge on any atom is 0.268 e. The standard InChI is InChI=1S/C10H17N3O2/c1-8(13-7-5-6-11-13)9(14)12-15-10(2,3)4/h5-8H,1-4H3,(H,12,14). The zero-order valence-corrected chi connectivity index (χ0v) is 9.52. The lowest BCUT2D eigenvalue weighted by atomic mass is 10.2. The molecule has 1 unspecified atom stereocenters. The van der Waals surface area contributed by atoms with E-state index in [0.717, 1.165) is 0 Å². The highest BCUT2D eigenvalue weighted by Crippen LogP contribution is 2.07. The van der Waals surface area contributed by atoms with Crippen LogP contribution >= 0.6 is 0 Å². The first-order valence-electron chi connectivity index (χ1n) is 4.87. The van der Waals surface area contributed by atoms with Crippen molar-refractivity contribution in [3.63, 3.8) is 0 Å². The summed E-state index contributed by atoms with van der Waals surface area (Å²) in [5.41, 5.74) is 2.02. The normalized spacial score (nSPS) is 13.6. The van der Waals surface area contributed by atoms with Crippen LogP contribution in [0.1, 0.15) is 33.7 Å². The van der Waals surface area contributed by atoms with Crippen molar-refractivity contribution in [3.8, 4) is 0 Å². The van der Waals surface area contributed by atoms with Crippen LogP contribution in [0.5, 0.6) is 0 Å². The molecular formula is C10H17N3O2. The van der Waals surface area contributed by atoms with Crippen LogP contribution in [0.4, 0.5) is 0 Å². The van der Waals surface area contributed by atoms with Crippen molar-refractivity contribution >= 4 is 5.91 Å². The molecule has 1 N–H and O–H groups in total. The van der Waals surface area contributed by atoms with Gasteiger partial charge < -0.3 is 0 Å². The Bertz CT molecular complexity index is 314. The van der Waals surface area contributed by atoms with Gasteiger partial charge in [-0.1, -0.05) is 0 Å². The number of hydrogen-bond acceptors (Lipinski definition) is 3. The van der Waals surface area contributed by atoms with Crippen molar-refractivity contribution in [2.45, 2.75) is 39.3 Å². The minimum absolute atomic E-state index is 0.214. The molecule has 15 heavy (non-hydrogen) atoms. The molecule has 1 amide bonds. The molecule has 1 atom stereocenters. The number of carbonyl (C=O) groups is 1. The van der Waals surface area contributed by atoms with Gasteiger partial charge in [0.2, 0.25) is 0 Å². The molecule has 84 valence electrons. The van der Waals surface area contributed by atoms with Crippen LogP contribution in [0.2, 0.25) is 0 Å². The molecule has 0 bridgehead atoms. The molecule has 1 aromatic heterocycles. The molecule has 5 nitrogen and oxygen atoms in total. The van der Waals surface area contributed by atoms with Gasteiger partial charge in [0.25, 0.3) is 5.91 Å². The van der Waals surface area contributed by atoms with Gasteiger partial charge in [-0.25, -0.2) is 5.48 Å². The summed E-state index contributed by atoms with van der Waals surface area (Å²) < 4.78 is 1.57. The Morgan fingerprint density at radius 2 is 2.20 bits per heavy atom. The van der Waals surface area contributed by atoms with Crippen molar-refractivity contribution in [3.05, 3.63) is 18.5 Å². The Balaban J connectivity index is 2.48. The first kappa shape index (κ1) is 11.7. The molecule has 0 fully saturated rings. The maximum atomic E-state index is 11.6. The van der Waals surface area contributed by atoms with Crippen LogP contribution in [0.15, 0.2) is 18.5 Å². The largest absolute Gasteiger partial charge is 0.270 e. The molecule has 0 aliphatic heterocycles. The second-order valence-corrected chi connectivity index (χ2v) is 4.34. The van der Waals surface area contributed by atoms with Crippen LogP contribution < -0.4 is 5.48 Å². The van der Waals surface area contributed by atoms with Crippen LogP contribution in [0, 0.1) is 0 Å². The van der Waals surface area contributed by atoms with E-state index in [-0.39, 0.29) is 17.6 Å². The summed E-state index contributed by atoms with van der Waals surface area (Å²) in [6.07, 6.45) is 3.37. The van der Waals surface area contributed by atoms with Gasteiger partial charge in [-0.15, -0.1) is 0 Å². The van der Waals surface area contributed by atoms with Gasteiger partial charge in [0.1, 0.15) is 6.04 Å². The minimum atomic E-state index is -0.389. The quantitative estimate of drug-likeness (QED) is 0.766. The van der Waals surface area contributed by atoms with Crippen molar-refractivity contribution in [1.29, 1.82) is 0 Å². The zero-order chi connectivity index (χ0) is 11.5. The molecule has 0 aliphatic carbocycles. The molecule has 5 heteroatoms. The van der Waals surface area contributed by atoms with Crippen molar-refractivity contribution in [2.24, 2.45) is 0 Å². The van der Waals surface area contributed by atoms with Gasteiger partial charge in [0.15, 0.2) is 0 Å². The Kier molecular flexibility index (Phi) is 3.47. The molecule has 1 rings (SSSR count). The number of hydrogen-bond donors (Lipinski definition) is 1. The lowest BCUT2D eigenvalue weighted by Crippen LogP contribution is -2.37. The third-order valence-corrected chi connectivity index (χ3v) is 1.76. The predicted octanol–water partition coefficient (Wildman–Crippen LogP) is 1.29. The summed E-state index contributed by atoms with van der Waals surface area (Å²) in [5.74, 6) is -0.214. The number of hydroxylamine groups is 1. The highest BCUT2D eigenvalue weighted by molar-refractivity contribution is 5.78. The van der Waals surface area contributed by atoms with Gasteiger partial charge in [0.05, 0.1) is 5.60 Å². The Labute approximate surface area is 89.4 Å². The highest BCUT2D eigenvalue weighted by atomic mass is 16.7. The lowest BCUT2D eigenvalue weighted by molar-refractivity contribution is -0.148. The third-order valence-electron chi connectivity index (χ3n) is 1.76. The van der Waals surface area contributed by atoms with Crippen LogP contribution in [-0.2, 0) is 9.63 Å². The second kappa shape index (κ2) is 4.44. The smallest absolute Gasteiger partial charge is 0.268 e. The van der Waals surface area contributed by atoms with Crippen LogP contribution in [0.25, 0.3) is 0 Å². The fraction of sp³-hybridized carbons (Fsp3) is 0.600. The fourth-order valence-electron chi connectivity index (χ4n) is 0.919. The molecule has 1 aromatic rings. The Morgan fingerprint density at radius 3 is 2.67 bits per heavy atom. The molecule has 0 saturated heterocycles. The average molecular weight is 211 g/mol.